The zero-order valence-corrected chi connectivity index (χ0v) is 14.9. The van der Waals surface area contributed by atoms with Crippen LogP contribution in [0.5, 0.6) is 0 Å². The van der Waals surface area contributed by atoms with Gasteiger partial charge < -0.3 is 4.90 Å². The van der Waals surface area contributed by atoms with Crippen LogP contribution in [-0.2, 0) is 17.8 Å². The molecular formula is C20H24N4O. The highest BCUT2D eigenvalue weighted by atomic mass is 16.2. The minimum absolute atomic E-state index is 0.163. The average molecular weight is 336 g/mol. The Labute approximate surface area is 148 Å². The molecule has 1 aromatic carbocycles. The van der Waals surface area contributed by atoms with Crippen molar-refractivity contribution in [3.05, 3.63) is 52.8 Å². The molecule has 0 bridgehead atoms. The molecule has 1 unspecified atom stereocenters. The van der Waals surface area contributed by atoms with Crippen molar-refractivity contribution >= 4 is 5.91 Å². The number of aryl methyl sites for hydroxylation is 2. The number of benzene rings is 1. The van der Waals surface area contributed by atoms with Crippen molar-refractivity contribution < 1.29 is 4.79 Å². The van der Waals surface area contributed by atoms with Gasteiger partial charge in [0, 0.05) is 12.2 Å². The molecule has 0 radical (unpaired) electrons. The summed E-state index contributed by atoms with van der Waals surface area (Å²) in [7, 11) is 0. The van der Waals surface area contributed by atoms with E-state index in [1.54, 1.807) is 12.1 Å². The molecule has 2 aromatic rings. The van der Waals surface area contributed by atoms with Crippen LogP contribution >= 0.6 is 0 Å². The van der Waals surface area contributed by atoms with E-state index >= 15 is 0 Å². The number of piperidine rings is 1. The third-order valence-corrected chi connectivity index (χ3v) is 4.87. The lowest BCUT2D eigenvalue weighted by atomic mass is 10.0. The van der Waals surface area contributed by atoms with E-state index in [2.05, 4.69) is 24.2 Å². The summed E-state index contributed by atoms with van der Waals surface area (Å²) in [5, 5.41) is 13.4. The second-order valence-electron chi connectivity index (χ2n) is 6.83. The fourth-order valence-electron chi connectivity index (χ4n) is 3.55. The van der Waals surface area contributed by atoms with Gasteiger partial charge >= 0.3 is 0 Å². The second kappa shape index (κ2) is 7.52. The second-order valence-corrected chi connectivity index (χ2v) is 6.83. The molecule has 1 saturated heterocycles. The minimum Gasteiger partial charge on any atom is -0.338 e. The molecule has 5 nitrogen and oxygen atoms in total. The summed E-state index contributed by atoms with van der Waals surface area (Å²) in [5.41, 5.74) is 3.74. The van der Waals surface area contributed by atoms with Crippen molar-refractivity contribution in [1.82, 2.24) is 14.7 Å². The number of hydrogen-bond donors (Lipinski definition) is 0. The summed E-state index contributed by atoms with van der Waals surface area (Å²) in [4.78, 5) is 14.9. The van der Waals surface area contributed by atoms with Crippen LogP contribution in [0.2, 0.25) is 0 Å². The van der Waals surface area contributed by atoms with Crippen LogP contribution in [-0.4, -0.2) is 33.2 Å². The monoisotopic (exact) mass is 336 g/mol. The van der Waals surface area contributed by atoms with Crippen LogP contribution in [0.3, 0.4) is 0 Å². The number of rotatable bonds is 4. The third-order valence-electron chi connectivity index (χ3n) is 4.87. The molecule has 0 aliphatic carbocycles. The Morgan fingerprint density at radius 2 is 2.04 bits per heavy atom. The minimum atomic E-state index is 0.163. The maximum atomic E-state index is 12.8. The highest BCUT2D eigenvalue weighted by Gasteiger charge is 2.27. The van der Waals surface area contributed by atoms with E-state index < -0.39 is 0 Å². The van der Waals surface area contributed by atoms with Crippen molar-refractivity contribution in [2.75, 3.05) is 6.54 Å². The van der Waals surface area contributed by atoms with Crippen molar-refractivity contribution in [2.24, 2.45) is 0 Å². The highest BCUT2D eigenvalue weighted by molar-refractivity contribution is 5.79. The van der Waals surface area contributed by atoms with Crippen molar-refractivity contribution in [2.45, 2.75) is 52.1 Å². The summed E-state index contributed by atoms with van der Waals surface area (Å²) in [6, 6.07) is 11.7. The van der Waals surface area contributed by atoms with Gasteiger partial charge in [0.25, 0.3) is 0 Å². The van der Waals surface area contributed by atoms with Gasteiger partial charge in [-0.15, -0.1) is 0 Å². The molecule has 0 N–H and O–H groups in total. The number of nitrogens with zero attached hydrogens (tertiary/aromatic N) is 4. The number of carbonyl (C=O) groups is 1. The van der Waals surface area contributed by atoms with Gasteiger partial charge in [0.1, 0.15) is 0 Å². The Morgan fingerprint density at radius 3 is 2.68 bits per heavy atom. The Balaban J connectivity index is 1.70. The third kappa shape index (κ3) is 4.08. The topological polar surface area (TPSA) is 61.9 Å². The molecule has 1 aromatic heterocycles. The number of hydrogen-bond acceptors (Lipinski definition) is 3. The van der Waals surface area contributed by atoms with Gasteiger partial charge in [0.2, 0.25) is 5.91 Å². The largest absolute Gasteiger partial charge is 0.338 e. The van der Waals surface area contributed by atoms with E-state index in [9.17, 15) is 4.79 Å². The molecule has 1 amide bonds. The predicted molar refractivity (Wildman–Crippen MR) is 95.9 cm³/mol. The number of likely N-dealkylation sites (tertiary alicyclic amines) is 1. The first kappa shape index (κ1) is 17.2. The first-order valence-corrected chi connectivity index (χ1v) is 8.86. The van der Waals surface area contributed by atoms with Gasteiger partial charge in [0.15, 0.2) is 0 Å². The van der Waals surface area contributed by atoms with E-state index in [-0.39, 0.29) is 11.9 Å². The fourth-order valence-corrected chi connectivity index (χ4v) is 3.55. The van der Waals surface area contributed by atoms with Gasteiger partial charge in [-0.2, -0.15) is 10.4 Å². The molecule has 3 rings (SSSR count). The predicted octanol–water partition coefficient (Wildman–Crippen LogP) is 3.00. The Hall–Kier alpha value is -2.61. The van der Waals surface area contributed by atoms with Crippen LogP contribution in [0, 0.1) is 25.2 Å². The first-order chi connectivity index (χ1) is 12.1. The van der Waals surface area contributed by atoms with Crippen molar-refractivity contribution in [1.29, 1.82) is 5.26 Å². The van der Waals surface area contributed by atoms with Crippen molar-refractivity contribution in [3.8, 4) is 6.07 Å². The normalized spacial score (nSPS) is 17.3. The molecule has 1 aliphatic heterocycles. The lowest BCUT2D eigenvalue weighted by molar-refractivity contribution is -0.134. The van der Waals surface area contributed by atoms with Gasteiger partial charge in [-0.3, -0.25) is 9.48 Å². The molecular weight excluding hydrogens is 312 g/mol. The quantitative estimate of drug-likeness (QED) is 0.862. The summed E-state index contributed by atoms with van der Waals surface area (Å²) in [5.74, 6) is 0.163. The van der Waals surface area contributed by atoms with Crippen LogP contribution in [0.1, 0.15) is 41.8 Å². The van der Waals surface area contributed by atoms with E-state index in [0.29, 0.717) is 12.0 Å². The van der Waals surface area contributed by atoms with E-state index in [4.69, 9.17) is 5.26 Å². The summed E-state index contributed by atoms with van der Waals surface area (Å²) in [6.45, 7) is 5.64. The average Bonchev–Trinajstić information content (AvgIpc) is 2.93. The van der Waals surface area contributed by atoms with E-state index in [0.717, 1.165) is 49.3 Å². The zero-order chi connectivity index (χ0) is 17.8. The SMILES string of the molecule is Cc1cc(C)n(CC2CCCCN2C(=O)Cc2ccc(C#N)cc2)n1. The molecule has 0 saturated carbocycles. The Kier molecular flexibility index (Phi) is 5.18. The Bertz CT molecular complexity index is 785. The number of carbonyl (C=O) groups excluding carboxylic acids is 1. The maximum absolute atomic E-state index is 12.8. The van der Waals surface area contributed by atoms with Crippen LogP contribution in [0.4, 0.5) is 0 Å². The number of amides is 1. The summed E-state index contributed by atoms with van der Waals surface area (Å²) >= 11 is 0. The molecule has 130 valence electrons. The van der Waals surface area contributed by atoms with E-state index in [1.165, 1.54) is 0 Å². The number of nitriles is 1. The van der Waals surface area contributed by atoms with E-state index in [1.807, 2.05) is 28.6 Å². The first-order valence-electron chi connectivity index (χ1n) is 8.86. The van der Waals surface area contributed by atoms with Crippen molar-refractivity contribution in [3.63, 3.8) is 0 Å². The molecule has 1 fully saturated rings. The molecule has 2 heterocycles. The van der Waals surface area contributed by atoms with Crippen LogP contribution in [0.15, 0.2) is 30.3 Å². The molecule has 0 spiro atoms. The number of aromatic nitrogens is 2. The zero-order valence-electron chi connectivity index (χ0n) is 14.9. The maximum Gasteiger partial charge on any atom is 0.227 e. The standard InChI is InChI=1S/C20H24N4O/c1-15-11-16(2)24(22-15)14-19-5-3-4-10-23(19)20(25)12-17-6-8-18(13-21)9-7-17/h6-9,11,19H,3-5,10,12,14H2,1-2H3. The molecule has 1 aliphatic rings. The lowest BCUT2D eigenvalue weighted by Gasteiger charge is -2.36. The van der Waals surface area contributed by atoms with Crippen LogP contribution in [0.25, 0.3) is 0 Å². The lowest BCUT2D eigenvalue weighted by Crippen LogP contribution is -2.46. The molecule has 1 atom stereocenters. The Morgan fingerprint density at radius 1 is 1.28 bits per heavy atom. The van der Waals surface area contributed by atoms with Gasteiger partial charge in [0.05, 0.1) is 36.3 Å². The van der Waals surface area contributed by atoms with Gasteiger partial charge in [-0.05, 0) is 56.9 Å². The molecule has 5 heteroatoms. The van der Waals surface area contributed by atoms with Gasteiger partial charge in [-0.1, -0.05) is 12.1 Å². The molecule has 25 heavy (non-hydrogen) atoms. The smallest absolute Gasteiger partial charge is 0.227 e. The summed E-state index contributed by atoms with van der Waals surface area (Å²) in [6.07, 6.45) is 3.63. The van der Waals surface area contributed by atoms with Gasteiger partial charge in [-0.25, -0.2) is 0 Å². The highest BCUT2D eigenvalue weighted by Crippen LogP contribution is 2.21. The summed E-state index contributed by atoms with van der Waals surface area (Å²) < 4.78 is 2.02. The fraction of sp³-hybridized carbons (Fsp3) is 0.450. The van der Waals surface area contributed by atoms with Crippen LogP contribution < -0.4 is 0 Å².